The molecule has 3 nitrogen and oxygen atoms in total. The van der Waals surface area contributed by atoms with Gasteiger partial charge in [0.1, 0.15) is 0 Å². The Bertz CT molecular complexity index is 646. The number of hydrogen-bond acceptors (Lipinski definition) is 2. The molecule has 1 N–H and O–H groups in total. The molecule has 0 aromatic heterocycles. The molecule has 0 saturated heterocycles. The zero-order valence-corrected chi connectivity index (χ0v) is 12.7. The Morgan fingerprint density at radius 1 is 1.05 bits per heavy atom. The van der Waals surface area contributed by atoms with Gasteiger partial charge < -0.3 is 0 Å². The Morgan fingerprint density at radius 2 is 1.68 bits per heavy atom. The molecule has 0 aliphatic heterocycles. The van der Waals surface area contributed by atoms with Gasteiger partial charge >= 0.3 is 0 Å². The van der Waals surface area contributed by atoms with E-state index in [-0.39, 0.29) is 5.91 Å². The molecule has 1 amide bonds. The predicted octanol–water partition coefficient (Wildman–Crippen LogP) is 3.82. The molecule has 0 aliphatic carbocycles. The average molecular weight is 292 g/mol. The van der Waals surface area contributed by atoms with Gasteiger partial charge in [0, 0.05) is 6.42 Å². The summed E-state index contributed by atoms with van der Waals surface area (Å²) in [7, 11) is 0. The fourth-order valence-electron chi connectivity index (χ4n) is 1.93. The molecule has 2 aromatic carbocycles. The van der Waals surface area contributed by atoms with Crippen molar-refractivity contribution in [2.75, 3.05) is 0 Å². The van der Waals surface area contributed by atoms with E-state index in [2.05, 4.69) is 10.5 Å². The lowest BCUT2D eigenvalue weighted by Gasteiger charge is -2.01. The van der Waals surface area contributed by atoms with Crippen molar-refractivity contribution < 1.29 is 4.79 Å². The molecule has 0 heterocycles. The fraction of sp³-hybridized carbons (Fsp3) is 0.158. The monoisotopic (exact) mass is 292 g/mol. The lowest BCUT2D eigenvalue weighted by molar-refractivity contribution is -0.121. The molecule has 0 saturated carbocycles. The highest BCUT2D eigenvalue weighted by atomic mass is 16.2. The summed E-state index contributed by atoms with van der Waals surface area (Å²) in [6.07, 6.45) is 5.01. The summed E-state index contributed by atoms with van der Waals surface area (Å²) in [6, 6.07) is 19.9. The number of carbonyl (C=O) groups excluding carboxylic acids is 1. The average Bonchev–Trinajstić information content (AvgIpc) is 2.58. The molecule has 0 bridgehead atoms. The van der Waals surface area contributed by atoms with Gasteiger partial charge in [-0.05, 0) is 30.5 Å². The summed E-state index contributed by atoms with van der Waals surface area (Å²) in [5.41, 5.74) is 5.61. The van der Waals surface area contributed by atoms with Crippen molar-refractivity contribution in [1.82, 2.24) is 5.43 Å². The maximum atomic E-state index is 11.8. The Hall–Kier alpha value is -2.68. The van der Waals surface area contributed by atoms with Gasteiger partial charge in [-0.1, -0.05) is 66.7 Å². The Kier molecular flexibility index (Phi) is 6.12. The molecule has 0 fully saturated rings. The van der Waals surface area contributed by atoms with E-state index in [1.54, 1.807) is 0 Å². The molecule has 2 aromatic rings. The zero-order chi connectivity index (χ0) is 15.6. The van der Waals surface area contributed by atoms with Crippen LogP contribution in [0.5, 0.6) is 0 Å². The molecule has 0 spiro atoms. The van der Waals surface area contributed by atoms with Crippen molar-refractivity contribution in [2.24, 2.45) is 5.10 Å². The summed E-state index contributed by atoms with van der Waals surface area (Å²) in [5.74, 6) is -0.0729. The molecule has 2 rings (SSSR count). The summed E-state index contributed by atoms with van der Waals surface area (Å²) >= 11 is 0. The van der Waals surface area contributed by atoms with Crippen LogP contribution >= 0.6 is 0 Å². The predicted molar refractivity (Wildman–Crippen MR) is 91.5 cm³/mol. The summed E-state index contributed by atoms with van der Waals surface area (Å²) in [6.45, 7) is 1.86. The number of allylic oxidation sites excluding steroid dienone is 1. The van der Waals surface area contributed by atoms with Crippen LogP contribution in [0, 0.1) is 0 Å². The first-order valence-corrected chi connectivity index (χ1v) is 7.34. The molecule has 0 unspecified atom stereocenters. The molecule has 0 aliphatic rings. The van der Waals surface area contributed by atoms with E-state index in [1.807, 2.05) is 79.7 Å². The highest BCUT2D eigenvalue weighted by molar-refractivity contribution is 5.96. The second-order valence-corrected chi connectivity index (χ2v) is 5.02. The number of nitrogens with zero attached hydrogens (tertiary/aromatic N) is 1. The van der Waals surface area contributed by atoms with Crippen molar-refractivity contribution >= 4 is 17.7 Å². The Balaban J connectivity index is 1.78. The third kappa shape index (κ3) is 5.75. The van der Waals surface area contributed by atoms with Crippen LogP contribution in [0.2, 0.25) is 0 Å². The lowest BCUT2D eigenvalue weighted by Crippen LogP contribution is -2.18. The van der Waals surface area contributed by atoms with Gasteiger partial charge in [-0.3, -0.25) is 4.79 Å². The van der Waals surface area contributed by atoms with Crippen LogP contribution in [0.25, 0.3) is 6.08 Å². The number of aryl methyl sites for hydroxylation is 1. The minimum absolute atomic E-state index is 0.0729. The van der Waals surface area contributed by atoms with E-state index in [9.17, 15) is 4.79 Å². The molecular weight excluding hydrogens is 272 g/mol. The van der Waals surface area contributed by atoms with E-state index < -0.39 is 0 Å². The molecule has 22 heavy (non-hydrogen) atoms. The van der Waals surface area contributed by atoms with Gasteiger partial charge in [-0.2, -0.15) is 5.10 Å². The molecular formula is C19H20N2O. The van der Waals surface area contributed by atoms with Crippen LogP contribution in [0.1, 0.15) is 24.5 Å². The second kappa shape index (κ2) is 8.57. The van der Waals surface area contributed by atoms with Crippen LogP contribution in [0.4, 0.5) is 0 Å². The highest BCUT2D eigenvalue weighted by Gasteiger charge is 2.00. The Labute approximate surface area is 131 Å². The van der Waals surface area contributed by atoms with Crippen LogP contribution in [-0.2, 0) is 11.2 Å². The fourth-order valence-corrected chi connectivity index (χ4v) is 1.93. The van der Waals surface area contributed by atoms with E-state index in [0.717, 1.165) is 23.3 Å². The van der Waals surface area contributed by atoms with E-state index in [1.165, 1.54) is 0 Å². The lowest BCUT2D eigenvalue weighted by atomic mass is 10.1. The van der Waals surface area contributed by atoms with Gasteiger partial charge in [0.2, 0.25) is 5.91 Å². The molecule has 112 valence electrons. The van der Waals surface area contributed by atoms with E-state index in [4.69, 9.17) is 0 Å². The van der Waals surface area contributed by atoms with Gasteiger partial charge in [-0.25, -0.2) is 5.43 Å². The largest absolute Gasteiger partial charge is 0.273 e. The van der Waals surface area contributed by atoms with E-state index >= 15 is 0 Å². The first-order chi connectivity index (χ1) is 10.7. The normalized spacial score (nSPS) is 11.6. The van der Waals surface area contributed by atoms with Gasteiger partial charge in [0.05, 0.1) is 5.71 Å². The topological polar surface area (TPSA) is 41.5 Å². The van der Waals surface area contributed by atoms with Gasteiger partial charge in [-0.15, -0.1) is 0 Å². The Morgan fingerprint density at radius 3 is 2.36 bits per heavy atom. The summed E-state index contributed by atoms with van der Waals surface area (Å²) in [4.78, 5) is 11.8. The van der Waals surface area contributed by atoms with Crippen molar-refractivity contribution in [3.63, 3.8) is 0 Å². The SMILES string of the molecule is CC(/C=C/c1ccccc1)=N\NC(=O)CCc1ccccc1. The van der Waals surface area contributed by atoms with Gasteiger partial charge in [0.15, 0.2) is 0 Å². The number of hydrogen-bond donors (Lipinski definition) is 1. The number of nitrogens with one attached hydrogen (secondary N) is 1. The number of hydrazone groups is 1. The first kappa shape index (κ1) is 15.7. The maximum absolute atomic E-state index is 11.8. The van der Waals surface area contributed by atoms with Gasteiger partial charge in [0.25, 0.3) is 0 Å². The second-order valence-electron chi connectivity index (χ2n) is 5.02. The van der Waals surface area contributed by atoms with Crippen LogP contribution < -0.4 is 5.43 Å². The van der Waals surface area contributed by atoms with E-state index in [0.29, 0.717) is 6.42 Å². The van der Waals surface area contributed by atoms with Crippen molar-refractivity contribution in [3.8, 4) is 0 Å². The third-order valence-corrected chi connectivity index (χ3v) is 3.16. The van der Waals surface area contributed by atoms with Crippen LogP contribution in [0.3, 0.4) is 0 Å². The quantitative estimate of drug-likeness (QED) is 0.638. The van der Waals surface area contributed by atoms with Crippen LogP contribution in [-0.4, -0.2) is 11.6 Å². The molecule has 0 radical (unpaired) electrons. The maximum Gasteiger partial charge on any atom is 0.240 e. The zero-order valence-electron chi connectivity index (χ0n) is 12.7. The smallest absolute Gasteiger partial charge is 0.240 e. The standard InChI is InChI=1S/C19H20N2O/c1-16(12-13-17-8-4-2-5-9-17)20-21-19(22)15-14-18-10-6-3-7-11-18/h2-13H,14-15H2,1H3,(H,21,22)/b13-12+,20-16+. The number of benzene rings is 2. The minimum Gasteiger partial charge on any atom is -0.273 e. The first-order valence-electron chi connectivity index (χ1n) is 7.34. The highest BCUT2D eigenvalue weighted by Crippen LogP contribution is 2.02. The summed E-state index contributed by atoms with van der Waals surface area (Å²) in [5, 5.41) is 4.08. The number of amides is 1. The number of carbonyl (C=O) groups is 1. The molecule has 0 atom stereocenters. The third-order valence-electron chi connectivity index (χ3n) is 3.16. The van der Waals surface area contributed by atoms with Crippen LogP contribution in [0.15, 0.2) is 71.8 Å². The minimum atomic E-state index is -0.0729. The van der Waals surface area contributed by atoms with Crippen molar-refractivity contribution in [2.45, 2.75) is 19.8 Å². The van der Waals surface area contributed by atoms with Crippen molar-refractivity contribution in [3.05, 3.63) is 77.9 Å². The van der Waals surface area contributed by atoms with Crippen molar-refractivity contribution in [1.29, 1.82) is 0 Å². The number of rotatable bonds is 6. The summed E-state index contributed by atoms with van der Waals surface area (Å²) < 4.78 is 0. The molecule has 3 heteroatoms.